The monoisotopic (exact) mass is 297 g/mol. The van der Waals surface area contributed by atoms with Gasteiger partial charge in [-0.2, -0.15) is 4.39 Å². The molecular weight excluding hydrogens is 285 g/mol. The van der Waals surface area contributed by atoms with Crippen molar-refractivity contribution < 1.29 is 17.5 Å². The Hall–Kier alpha value is -2.35. The highest BCUT2D eigenvalue weighted by Gasteiger charge is 2.19. The summed E-state index contributed by atoms with van der Waals surface area (Å²) in [7, 11) is -2.54. The molecule has 20 heavy (non-hydrogen) atoms. The van der Waals surface area contributed by atoms with Crippen molar-refractivity contribution >= 4 is 21.4 Å². The van der Waals surface area contributed by atoms with Gasteiger partial charge >= 0.3 is 0 Å². The van der Waals surface area contributed by atoms with Gasteiger partial charge in [-0.1, -0.05) is 0 Å². The van der Waals surface area contributed by atoms with E-state index in [1.54, 1.807) is 0 Å². The molecule has 2 rings (SSSR count). The minimum atomic E-state index is -3.88. The van der Waals surface area contributed by atoms with Gasteiger partial charge in [0.2, 0.25) is 5.95 Å². The van der Waals surface area contributed by atoms with Gasteiger partial charge in [-0.25, -0.2) is 13.4 Å². The fraction of sp³-hybridized carbons (Fsp3) is 0.0833. The molecule has 0 amide bonds. The molecule has 0 bridgehead atoms. The van der Waals surface area contributed by atoms with Crippen LogP contribution in [-0.4, -0.2) is 20.5 Å². The van der Waals surface area contributed by atoms with Gasteiger partial charge in [-0.3, -0.25) is 4.72 Å². The summed E-state index contributed by atoms with van der Waals surface area (Å²) < 4.78 is 44.4. The summed E-state index contributed by atoms with van der Waals surface area (Å²) in [5.74, 6) is -0.578. The molecule has 3 N–H and O–H groups in total. The number of rotatable bonds is 4. The van der Waals surface area contributed by atoms with E-state index in [2.05, 4.69) is 9.71 Å². The van der Waals surface area contributed by atoms with Crippen LogP contribution in [0.15, 0.2) is 41.4 Å². The average molecular weight is 297 g/mol. The van der Waals surface area contributed by atoms with Gasteiger partial charge in [0.25, 0.3) is 10.0 Å². The summed E-state index contributed by atoms with van der Waals surface area (Å²) in [4.78, 5) is 3.30. The van der Waals surface area contributed by atoms with Crippen molar-refractivity contribution in [3.05, 3.63) is 42.5 Å². The average Bonchev–Trinajstić information content (AvgIpc) is 2.40. The number of sulfonamides is 1. The number of methoxy groups -OCH3 is 1. The number of halogens is 1. The predicted octanol–water partition coefficient (Wildman–Crippen LogP) is 1.61. The number of anilines is 2. The first kappa shape index (κ1) is 14.1. The maximum absolute atomic E-state index is 12.7. The Labute approximate surface area is 115 Å². The van der Waals surface area contributed by atoms with E-state index in [9.17, 15) is 12.8 Å². The molecule has 0 fully saturated rings. The van der Waals surface area contributed by atoms with Crippen LogP contribution in [0, 0.1) is 5.95 Å². The number of nitrogens with one attached hydrogen (secondary N) is 1. The number of nitrogen functional groups attached to an aromatic ring is 1. The number of nitrogens with zero attached hydrogens (tertiary/aromatic N) is 1. The molecule has 106 valence electrons. The van der Waals surface area contributed by atoms with E-state index in [1.165, 1.54) is 31.4 Å². The summed E-state index contributed by atoms with van der Waals surface area (Å²) in [5.41, 5.74) is 6.09. The molecule has 0 aliphatic rings. The summed E-state index contributed by atoms with van der Waals surface area (Å²) in [5, 5.41) is 0. The molecule has 0 saturated heterocycles. The van der Waals surface area contributed by atoms with E-state index in [0.29, 0.717) is 5.69 Å². The lowest BCUT2D eigenvalue weighted by Gasteiger charge is -2.11. The van der Waals surface area contributed by atoms with Crippen LogP contribution < -0.4 is 15.2 Å². The van der Waals surface area contributed by atoms with Crippen LogP contribution in [0.1, 0.15) is 0 Å². The van der Waals surface area contributed by atoms with Crippen LogP contribution in [0.4, 0.5) is 15.8 Å². The van der Waals surface area contributed by atoms with E-state index in [0.717, 1.165) is 12.3 Å². The van der Waals surface area contributed by atoms with Crippen molar-refractivity contribution in [2.75, 3.05) is 17.6 Å². The van der Waals surface area contributed by atoms with E-state index in [4.69, 9.17) is 10.5 Å². The standard InChI is InChI=1S/C12H12FN3O3S/c1-19-10-6-8(14)2-4-11(10)20(17,18)16-9-3-5-12(13)15-7-9/h2-7,16H,14H2,1H3. The maximum Gasteiger partial charge on any atom is 0.265 e. The number of hydrogen-bond acceptors (Lipinski definition) is 5. The molecule has 0 aliphatic carbocycles. The predicted molar refractivity (Wildman–Crippen MR) is 72.4 cm³/mol. The van der Waals surface area contributed by atoms with Gasteiger partial charge in [0, 0.05) is 11.8 Å². The molecule has 0 radical (unpaired) electrons. The van der Waals surface area contributed by atoms with Gasteiger partial charge in [0.15, 0.2) is 0 Å². The summed E-state index contributed by atoms with van der Waals surface area (Å²) >= 11 is 0. The third kappa shape index (κ3) is 2.97. The first-order valence-corrected chi connectivity index (χ1v) is 6.98. The number of pyridine rings is 1. The normalized spacial score (nSPS) is 11.1. The molecular formula is C12H12FN3O3S. The number of ether oxygens (including phenoxy) is 1. The SMILES string of the molecule is COc1cc(N)ccc1S(=O)(=O)Nc1ccc(F)nc1. The summed E-state index contributed by atoms with van der Waals surface area (Å²) in [6.45, 7) is 0. The number of hydrogen-bond donors (Lipinski definition) is 2. The molecule has 0 saturated carbocycles. The van der Waals surface area contributed by atoms with Gasteiger partial charge in [-0.15, -0.1) is 0 Å². The molecule has 6 nitrogen and oxygen atoms in total. The largest absolute Gasteiger partial charge is 0.495 e. The number of nitrogens with two attached hydrogens (primary N) is 1. The second-order valence-corrected chi connectivity index (χ2v) is 5.54. The van der Waals surface area contributed by atoms with E-state index in [-0.39, 0.29) is 16.3 Å². The lowest BCUT2D eigenvalue weighted by atomic mass is 10.3. The minimum absolute atomic E-state index is 0.0708. The van der Waals surface area contributed by atoms with Gasteiger partial charge < -0.3 is 10.5 Å². The third-order valence-electron chi connectivity index (χ3n) is 2.46. The van der Waals surface area contributed by atoms with Crippen molar-refractivity contribution in [3.8, 4) is 5.75 Å². The van der Waals surface area contributed by atoms with Crippen molar-refractivity contribution in [2.45, 2.75) is 4.90 Å². The van der Waals surface area contributed by atoms with E-state index >= 15 is 0 Å². The Morgan fingerprint density at radius 2 is 2.05 bits per heavy atom. The Morgan fingerprint density at radius 3 is 2.65 bits per heavy atom. The van der Waals surface area contributed by atoms with Gasteiger partial charge in [-0.05, 0) is 24.3 Å². The summed E-state index contributed by atoms with van der Waals surface area (Å²) in [6.07, 6.45) is 1.08. The Kier molecular flexibility index (Phi) is 3.75. The van der Waals surface area contributed by atoms with E-state index in [1.807, 2.05) is 0 Å². The smallest absolute Gasteiger partial charge is 0.265 e. The summed E-state index contributed by atoms with van der Waals surface area (Å²) in [6, 6.07) is 6.49. The fourth-order valence-electron chi connectivity index (χ4n) is 1.55. The number of aromatic nitrogens is 1. The second-order valence-electron chi connectivity index (χ2n) is 3.89. The first-order valence-electron chi connectivity index (χ1n) is 5.50. The van der Waals surface area contributed by atoms with Gasteiger partial charge in [0.1, 0.15) is 10.6 Å². The fourth-order valence-corrected chi connectivity index (χ4v) is 2.75. The zero-order valence-corrected chi connectivity index (χ0v) is 11.3. The molecule has 0 atom stereocenters. The Morgan fingerprint density at radius 1 is 1.30 bits per heavy atom. The Balaban J connectivity index is 2.38. The van der Waals surface area contributed by atoms with Gasteiger partial charge in [0.05, 0.1) is 19.0 Å². The van der Waals surface area contributed by atoms with Crippen LogP contribution in [0.5, 0.6) is 5.75 Å². The number of benzene rings is 1. The van der Waals surface area contributed by atoms with Crippen molar-refractivity contribution in [3.63, 3.8) is 0 Å². The molecule has 1 aromatic heterocycles. The lowest BCUT2D eigenvalue weighted by molar-refractivity contribution is 0.403. The zero-order chi connectivity index (χ0) is 14.8. The molecule has 0 spiro atoms. The highest BCUT2D eigenvalue weighted by atomic mass is 32.2. The highest BCUT2D eigenvalue weighted by Crippen LogP contribution is 2.27. The lowest BCUT2D eigenvalue weighted by Crippen LogP contribution is -2.14. The Bertz CT molecular complexity index is 717. The molecule has 2 aromatic rings. The third-order valence-corrected chi connectivity index (χ3v) is 3.88. The highest BCUT2D eigenvalue weighted by molar-refractivity contribution is 7.92. The molecule has 1 aromatic carbocycles. The van der Waals surface area contributed by atoms with Crippen molar-refractivity contribution in [2.24, 2.45) is 0 Å². The van der Waals surface area contributed by atoms with Crippen LogP contribution in [0.3, 0.4) is 0 Å². The molecule has 8 heteroatoms. The quantitative estimate of drug-likeness (QED) is 0.660. The van der Waals surface area contributed by atoms with Crippen LogP contribution in [0.25, 0.3) is 0 Å². The maximum atomic E-state index is 12.7. The van der Waals surface area contributed by atoms with Crippen LogP contribution >= 0.6 is 0 Å². The zero-order valence-electron chi connectivity index (χ0n) is 10.5. The topological polar surface area (TPSA) is 94.3 Å². The van der Waals surface area contributed by atoms with Crippen LogP contribution in [0.2, 0.25) is 0 Å². The first-order chi connectivity index (χ1) is 9.42. The second kappa shape index (κ2) is 5.33. The molecule has 0 unspecified atom stereocenters. The van der Waals surface area contributed by atoms with Crippen molar-refractivity contribution in [1.82, 2.24) is 4.98 Å². The van der Waals surface area contributed by atoms with E-state index < -0.39 is 16.0 Å². The van der Waals surface area contributed by atoms with Crippen LogP contribution in [-0.2, 0) is 10.0 Å². The molecule has 1 heterocycles. The molecule has 0 aliphatic heterocycles. The van der Waals surface area contributed by atoms with Crippen molar-refractivity contribution in [1.29, 1.82) is 0 Å². The minimum Gasteiger partial charge on any atom is -0.495 e.